The minimum absolute atomic E-state index is 0.0366. The Morgan fingerprint density at radius 1 is 1.16 bits per heavy atom. The Morgan fingerprint density at radius 3 is 2.42 bits per heavy atom. The molecular weight excluding hydrogens is 262 g/mol. The van der Waals surface area contributed by atoms with Crippen LogP contribution >= 0.6 is 0 Å². The monoisotopic (exact) mass is 275 g/mol. The second-order valence-corrected chi connectivity index (χ2v) is 3.33. The summed E-state index contributed by atoms with van der Waals surface area (Å²) in [5.41, 5.74) is 0. The zero-order chi connectivity index (χ0) is 14.7. The van der Waals surface area contributed by atoms with Gasteiger partial charge in [0.25, 0.3) is 5.09 Å². The quantitative estimate of drug-likeness (QED) is 0.160. The second kappa shape index (κ2) is 9.57. The van der Waals surface area contributed by atoms with Gasteiger partial charge < -0.3 is 14.7 Å². The van der Waals surface area contributed by atoms with E-state index in [0.29, 0.717) is 31.4 Å². The number of unbranched alkanes of at least 4 members (excludes halogenated alkanes) is 2. The summed E-state index contributed by atoms with van der Waals surface area (Å²) in [6.07, 6.45) is 2.44. The van der Waals surface area contributed by atoms with Crippen molar-refractivity contribution in [2.75, 3.05) is 6.61 Å². The Labute approximate surface area is 107 Å². The molecule has 0 bridgehead atoms. The van der Waals surface area contributed by atoms with Gasteiger partial charge in [0.15, 0.2) is 0 Å². The van der Waals surface area contributed by atoms with Gasteiger partial charge in [-0.1, -0.05) is 6.42 Å². The lowest BCUT2D eigenvalue weighted by molar-refractivity contribution is -0.757. The summed E-state index contributed by atoms with van der Waals surface area (Å²) in [7, 11) is 0. The van der Waals surface area contributed by atoms with Gasteiger partial charge in [0, 0.05) is 18.6 Å². The van der Waals surface area contributed by atoms with Gasteiger partial charge in [0.1, 0.15) is 0 Å². The van der Waals surface area contributed by atoms with Crippen LogP contribution in [0.5, 0.6) is 0 Å². The molecule has 0 spiro atoms. The molecular formula is C10H13NO8. The van der Waals surface area contributed by atoms with Gasteiger partial charge >= 0.3 is 17.9 Å². The first-order valence-corrected chi connectivity index (χ1v) is 5.34. The van der Waals surface area contributed by atoms with E-state index in [1.165, 1.54) is 0 Å². The molecule has 0 saturated carbocycles. The Kier molecular flexibility index (Phi) is 8.33. The first-order valence-electron chi connectivity index (χ1n) is 5.34. The van der Waals surface area contributed by atoms with Crippen molar-refractivity contribution in [3.8, 4) is 0 Å². The summed E-state index contributed by atoms with van der Waals surface area (Å²) in [5, 5.41) is 17.1. The largest absolute Gasteiger partial charge is 0.478 e. The molecule has 0 aliphatic carbocycles. The third-order valence-corrected chi connectivity index (χ3v) is 1.80. The molecule has 0 unspecified atom stereocenters. The van der Waals surface area contributed by atoms with Crippen molar-refractivity contribution in [3.63, 3.8) is 0 Å². The highest BCUT2D eigenvalue weighted by molar-refractivity contribution is 5.95. The average Bonchev–Trinajstić information content (AvgIpc) is 2.30. The third-order valence-electron chi connectivity index (χ3n) is 1.80. The lowest BCUT2D eigenvalue weighted by Crippen LogP contribution is -2.10. The van der Waals surface area contributed by atoms with Crippen molar-refractivity contribution in [3.05, 3.63) is 22.3 Å². The number of hydrogen-bond acceptors (Lipinski definition) is 7. The fraction of sp³-hybridized carbons (Fsp3) is 0.500. The van der Waals surface area contributed by atoms with Crippen LogP contribution < -0.4 is 0 Å². The fourth-order valence-corrected chi connectivity index (χ4v) is 1.02. The summed E-state index contributed by atoms with van der Waals surface area (Å²) >= 11 is 0. The van der Waals surface area contributed by atoms with Gasteiger partial charge in [-0.3, -0.25) is 4.79 Å². The van der Waals surface area contributed by atoms with Crippen LogP contribution in [0.4, 0.5) is 0 Å². The summed E-state index contributed by atoms with van der Waals surface area (Å²) in [5.74, 6) is -3.16. The number of nitrogens with zero attached hydrogens (tertiary/aromatic N) is 1. The van der Waals surface area contributed by atoms with Crippen molar-refractivity contribution in [2.24, 2.45) is 0 Å². The predicted molar refractivity (Wildman–Crippen MR) is 59.3 cm³/mol. The first-order chi connectivity index (χ1) is 8.91. The van der Waals surface area contributed by atoms with Gasteiger partial charge in [-0.25, -0.2) is 9.59 Å². The molecule has 0 amide bonds. The third kappa shape index (κ3) is 11.8. The lowest BCUT2D eigenvalue weighted by Gasteiger charge is -2.00. The number of rotatable bonds is 9. The van der Waals surface area contributed by atoms with Crippen molar-refractivity contribution in [1.82, 2.24) is 0 Å². The number of carbonyl (C=O) groups is 3. The molecule has 0 aromatic carbocycles. The first kappa shape index (κ1) is 16.6. The van der Waals surface area contributed by atoms with Crippen LogP contribution in [-0.4, -0.2) is 34.7 Å². The zero-order valence-electron chi connectivity index (χ0n) is 9.94. The summed E-state index contributed by atoms with van der Waals surface area (Å²) in [4.78, 5) is 45.9. The Balaban J connectivity index is 3.62. The van der Waals surface area contributed by atoms with Crippen molar-refractivity contribution < 1.29 is 34.2 Å². The van der Waals surface area contributed by atoms with E-state index in [2.05, 4.69) is 9.57 Å². The van der Waals surface area contributed by atoms with Gasteiger partial charge in [0.05, 0.1) is 6.61 Å². The van der Waals surface area contributed by atoms with E-state index in [-0.39, 0.29) is 13.0 Å². The van der Waals surface area contributed by atoms with E-state index < -0.39 is 23.0 Å². The molecule has 0 rings (SSSR count). The smallest absolute Gasteiger partial charge is 0.338 e. The highest BCUT2D eigenvalue weighted by atomic mass is 16.9. The molecule has 1 N–H and O–H groups in total. The lowest BCUT2D eigenvalue weighted by atomic mass is 10.2. The molecule has 0 fully saturated rings. The highest BCUT2D eigenvalue weighted by Gasteiger charge is 2.07. The van der Waals surface area contributed by atoms with E-state index in [4.69, 9.17) is 5.11 Å². The molecule has 19 heavy (non-hydrogen) atoms. The molecule has 106 valence electrons. The minimum atomic E-state index is -1.32. The molecule has 0 heterocycles. The van der Waals surface area contributed by atoms with Gasteiger partial charge in [-0.15, -0.1) is 10.1 Å². The van der Waals surface area contributed by atoms with Crippen LogP contribution in [0.3, 0.4) is 0 Å². The topological polar surface area (TPSA) is 133 Å². The van der Waals surface area contributed by atoms with Crippen molar-refractivity contribution in [1.29, 1.82) is 0 Å². The molecule has 0 aliphatic heterocycles. The predicted octanol–water partition coefficient (Wildman–Crippen LogP) is 0.466. The summed E-state index contributed by atoms with van der Waals surface area (Å²) in [6.45, 7) is -0.0532. The number of carbonyl (C=O) groups excluding carboxylic acids is 2. The Morgan fingerprint density at radius 2 is 1.84 bits per heavy atom. The van der Waals surface area contributed by atoms with Gasteiger partial charge in [-0.05, 0) is 12.8 Å². The zero-order valence-corrected chi connectivity index (χ0v) is 9.94. The number of carboxylic acid groups (broad SMARTS) is 1. The molecule has 0 saturated heterocycles. The number of carboxylic acids is 1. The Hall–Kier alpha value is -2.45. The number of esters is 2. The highest BCUT2D eigenvalue weighted by Crippen LogP contribution is 2.02. The number of aliphatic carboxylic acids is 1. The van der Waals surface area contributed by atoms with Gasteiger partial charge in [-0.2, -0.15) is 0 Å². The standard InChI is InChI=1S/C10H13NO8/c12-8(13)5-6-10(15)19-9(14)4-2-1-3-7-18-11(16)17/h5-6H,1-4,7H2,(H,12,13)/b6-5-. The van der Waals surface area contributed by atoms with Crippen LogP contribution in [0.15, 0.2) is 12.2 Å². The summed E-state index contributed by atoms with van der Waals surface area (Å²) in [6, 6.07) is 0. The second-order valence-electron chi connectivity index (χ2n) is 3.33. The molecule has 9 nitrogen and oxygen atoms in total. The Bertz CT molecular complexity index is 376. The van der Waals surface area contributed by atoms with Crippen LogP contribution in [0.2, 0.25) is 0 Å². The van der Waals surface area contributed by atoms with E-state index in [1.807, 2.05) is 0 Å². The number of hydrogen-bond donors (Lipinski definition) is 1. The maximum Gasteiger partial charge on any atom is 0.338 e. The maximum absolute atomic E-state index is 11.1. The van der Waals surface area contributed by atoms with Crippen molar-refractivity contribution in [2.45, 2.75) is 25.7 Å². The average molecular weight is 275 g/mol. The maximum atomic E-state index is 11.1. The number of ether oxygens (including phenoxy) is 1. The molecule has 9 heteroatoms. The van der Waals surface area contributed by atoms with E-state index in [1.54, 1.807) is 0 Å². The molecule has 0 aromatic heterocycles. The van der Waals surface area contributed by atoms with E-state index >= 15 is 0 Å². The molecule has 0 aromatic rings. The molecule has 0 atom stereocenters. The van der Waals surface area contributed by atoms with Crippen LogP contribution in [-0.2, 0) is 24.0 Å². The van der Waals surface area contributed by atoms with E-state index in [9.17, 15) is 24.5 Å². The fourth-order valence-electron chi connectivity index (χ4n) is 1.02. The summed E-state index contributed by atoms with van der Waals surface area (Å²) < 4.78 is 4.28. The minimum Gasteiger partial charge on any atom is -0.478 e. The van der Waals surface area contributed by atoms with Crippen LogP contribution in [0.25, 0.3) is 0 Å². The normalized spacial score (nSPS) is 10.1. The molecule has 0 radical (unpaired) electrons. The molecule has 0 aliphatic rings. The van der Waals surface area contributed by atoms with Gasteiger partial charge in [0.2, 0.25) is 0 Å². The SMILES string of the molecule is O=C(O)/C=C\C(=O)OC(=O)CCCCCO[N+](=O)[O-]. The van der Waals surface area contributed by atoms with Crippen LogP contribution in [0, 0.1) is 10.1 Å². The van der Waals surface area contributed by atoms with E-state index in [0.717, 1.165) is 0 Å². The van der Waals surface area contributed by atoms with Crippen molar-refractivity contribution >= 4 is 17.9 Å². The van der Waals surface area contributed by atoms with Crippen LogP contribution in [0.1, 0.15) is 25.7 Å².